The van der Waals surface area contributed by atoms with Gasteiger partial charge in [0, 0.05) is 36.0 Å². The fraction of sp³-hybridized carbons (Fsp3) is 0.483. The molecule has 214 valence electrons. The van der Waals surface area contributed by atoms with E-state index in [0.717, 1.165) is 31.4 Å². The number of nitrogens with one attached hydrogen (secondary N) is 2. The number of halogens is 2. The Morgan fingerprint density at radius 1 is 0.923 bits per heavy atom. The molecule has 0 aliphatic carbocycles. The van der Waals surface area contributed by atoms with Crippen LogP contribution in [0.2, 0.25) is 0 Å². The number of aliphatic hydroxyl groups excluding tert-OH is 2. The van der Waals surface area contributed by atoms with Gasteiger partial charge in [0.2, 0.25) is 6.41 Å². The number of benzene rings is 2. The summed E-state index contributed by atoms with van der Waals surface area (Å²) in [6.07, 6.45) is 0.793. The van der Waals surface area contributed by atoms with Gasteiger partial charge in [-0.1, -0.05) is 33.6 Å². The highest BCUT2D eigenvalue weighted by Gasteiger charge is 2.29. The first-order chi connectivity index (χ1) is 18.6. The maximum absolute atomic E-state index is 13.8. The Morgan fingerprint density at radius 2 is 1.54 bits per heavy atom. The Hall–Kier alpha value is -3.37. The van der Waals surface area contributed by atoms with Crippen LogP contribution in [-0.4, -0.2) is 64.7 Å². The number of rotatable bonds is 16. The molecule has 3 atom stereocenters. The average molecular weight is 548 g/mol. The van der Waals surface area contributed by atoms with Crippen molar-refractivity contribution in [3.8, 4) is 0 Å². The van der Waals surface area contributed by atoms with Crippen molar-refractivity contribution < 1.29 is 33.4 Å². The molecule has 39 heavy (non-hydrogen) atoms. The number of amides is 3. The smallest absolute Gasteiger partial charge is 0.253 e. The summed E-state index contributed by atoms with van der Waals surface area (Å²) in [5.74, 6) is -2.62. The fourth-order valence-corrected chi connectivity index (χ4v) is 4.41. The van der Waals surface area contributed by atoms with Crippen LogP contribution in [0, 0.1) is 11.6 Å². The van der Waals surface area contributed by atoms with Gasteiger partial charge in [-0.2, -0.15) is 0 Å². The molecule has 0 radical (unpaired) electrons. The quantitative estimate of drug-likeness (QED) is 0.237. The minimum absolute atomic E-state index is 0.0313. The van der Waals surface area contributed by atoms with E-state index in [1.165, 1.54) is 18.2 Å². The summed E-state index contributed by atoms with van der Waals surface area (Å²) in [5, 5.41) is 26.6. The van der Waals surface area contributed by atoms with E-state index in [-0.39, 0.29) is 41.1 Å². The highest BCUT2D eigenvalue weighted by atomic mass is 19.1. The monoisotopic (exact) mass is 547 g/mol. The van der Waals surface area contributed by atoms with Crippen LogP contribution < -0.4 is 10.6 Å². The van der Waals surface area contributed by atoms with Crippen molar-refractivity contribution in [2.45, 2.75) is 77.5 Å². The zero-order valence-electron chi connectivity index (χ0n) is 22.8. The molecule has 2 aromatic rings. The minimum atomic E-state index is -1.44. The van der Waals surface area contributed by atoms with E-state index in [1.54, 1.807) is 4.90 Å². The molecule has 2 aromatic carbocycles. The van der Waals surface area contributed by atoms with Crippen molar-refractivity contribution in [3.63, 3.8) is 0 Å². The summed E-state index contributed by atoms with van der Waals surface area (Å²) >= 11 is 0. The van der Waals surface area contributed by atoms with Crippen LogP contribution in [0.1, 0.15) is 79.2 Å². The topological polar surface area (TPSA) is 119 Å². The second-order valence-electron chi connectivity index (χ2n) is 9.62. The highest BCUT2D eigenvalue weighted by Crippen LogP contribution is 2.20. The van der Waals surface area contributed by atoms with Crippen molar-refractivity contribution >= 4 is 23.9 Å². The molecule has 0 fully saturated rings. The van der Waals surface area contributed by atoms with Gasteiger partial charge in [0.25, 0.3) is 11.8 Å². The van der Waals surface area contributed by atoms with Crippen LogP contribution in [0.25, 0.3) is 0 Å². The van der Waals surface area contributed by atoms with E-state index in [9.17, 15) is 33.4 Å². The second-order valence-corrected chi connectivity index (χ2v) is 9.62. The van der Waals surface area contributed by atoms with Gasteiger partial charge in [-0.25, -0.2) is 8.78 Å². The first kappa shape index (κ1) is 31.8. The van der Waals surface area contributed by atoms with Gasteiger partial charge in [0.1, 0.15) is 17.7 Å². The Balaban J connectivity index is 2.42. The van der Waals surface area contributed by atoms with Crippen LogP contribution in [-0.2, 0) is 11.2 Å². The zero-order chi connectivity index (χ0) is 28.9. The number of carbonyl (C=O) groups excluding carboxylic acids is 3. The number of unbranched alkanes of at least 4 members (excludes halogenated alkanes) is 1. The van der Waals surface area contributed by atoms with Crippen molar-refractivity contribution in [1.29, 1.82) is 0 Å². The Kier molecular flexibility index (Phi) is 13.0. The lowest BCUT2D eigenvalue weighted by Crippen LogP contribution is -2.50. The van der Waals surface area contributed by atoms with Gasteiger partial charge in [-0.3, -0.25) is 14.4 Å². The first-order valence-corrected chi connectivity index (χ1v) is 13.4. The lowest BCUT2D eigenvalue weighted by molar-refractivity contribution is -0.105. The summed E-state index contributed by atoms with van der Waals surface area (Å²) < 4.78 is 27.7. The van der Waals surface area contributed by atoms with Gasteiger partial charge >= 0.3 is 0 Å². The van der Waals surface area contributed by atoms with Gasteiger partial charge in [-0.05, 0) is 61.6 Å². The van der Waals surface area contributed by atoms with E-state index in [4.69, 9.17) is 0 Å². The van der Waals surface area contributed by atoms with Gasteiger partial charge < -0.3 is 25.7 Å². The van der Waals surface area contributed by atoms with Crippen molar-refractivity contribution in [2.24, 2.45) is 0 Å². The summed E-state index contributed by atoms with van der Waals surface area (Å²) in [5.41, 5.74) is 0.632. The molecule has 3 amide bonds. The molecule has 0 aliphatic rings. The van der Waals surface area contributed by atoms with Crippen LogP contribution in [0.4, 0.5) is 14.5 Å². The number of hydrogen-bond acceptors (Lipinski definition) is 5. The standard InChI is InChI=1S/C29H39F2N3O5/c1-4-7-8-26(36)27(37)25(13-19-11-22(30)17-23(31)12-19)33-28(38)20-14-21(16-24(15-20)32-18-35)29(39)34(9-5-2)10-6-3/h11-12,14-18,25-27,36-37H,4-10,13H2,1-3H3,(H,32,35)(H,33,38)/t25-,26-,27+/m0/s1. The van der Waals surface area contributed by atoms with E-state index in [2.05, 4.69) is 10.6 Å². The van der Waals surface area contributed by atoms with Crippen LogP contribution in [0.5, 0.6) is 0 Å². The van der Waals surface area contributed by atoms with Crippen LogP contribution >= 0.6 is 0 Å². The van der Waals surface area contributed by atoms with Gasteiger partial charge in [0.15, 0.2) is 0 Å². The van der Waals surface area contributed by atoms with Crippen molar-refractivity contribution in [2.75, 3.05) is 18.4 Å². The fourth-order valence-electron chi connectivity index (χ4n) is 4.41. The Labute approximate surface area is 228 Å². The lowest BCUT2D eigenvalue weighted by atomic mass is 9.94. The number of nitrogens with zero attached hydrogens (tertiary/aromatic N) is 1. The molecular formula is C29H39F2N3O5. The summed E-state index contributed by atoms with van der Waals surface area (Å²) in [4.78, 5) is 39.4. The first-order valence-electron chi connectivity index (χ1n) is 13.4. The third-order valence-electron chi connectivity index (χ3n) is 6.30. The predicted octanol–water partition coefficient (Wildman–Crippen LogP) is 4.05. The van der Waals surface area contributed by atoms with E-state index < -0.39 is 35.8 Å². The molecule has 10 heteroatoms. The predicted molar refractivity (Wildman–Crippen MR) is 145 cm³/mol. The van der Waals surface area contributed by atoms with E-state index in [1.807, 2.05) is 20.8 Å². The average Bonchev–Trinajstić information content (AvgIpc) is 2.89. The van der Waals surface area contributed by atoms with Crippen molar-refractivity contribution in [3.05, 3.63) is 64.7 Å². The molecule has 0 bridgehead atoms. The number of carbonyl (C=O) groups is 3. The highest BCUT2D eigenvalue weighted by molar-refractivity contribution is 6.01. The molecule has 0 heterocycles. The maximum Gasteiger partial charge on any atom is 0.253 e. The third-order valence-corrected chi connectivity index (χ3v) is 6.30. The Morgan fingerprint density at radius 3 is 2.10 bits per heavy atom. The summed E-state index contributed by atoms with van der Waals surface area (Å²) in [7, 11) is 0. The van der Waals surface area contributed by atoms with Crippen LogP contribution in [0.15, 0.2) is 36.4 Å². The third kappa shape index (κ3) is 9.71. The maximum atomic E-state index is 13.8. The van der Waals surface area contributed by atoms with E-state index >= 15 is 0 Å². The largest absolute Gasteiger partial charge is 0.390 e. The number of anilines is 1. The molecule has 0 saturated heterocycles. The molecule has 0 aliphatic heterocycles. The molecule has 0 unspecified atom stereocenters. The molecule has 4 N–H and O–H groups in total. The number of hydrogen-bond donors (Lipinski definition) is 4. The Bertz CT molecular complexity index is 1090. The molecular weight excluding hydrogens is 508 g/mol. The summed E-state index contributed by atoms with van der Waals surface area (Å²) in [6.45, 7) is 6.87. The normalized spacial score (nSPS) is 13.3. The molecule has 8 nitrogen and oxygen atoms in total. The van der Waals surface area contributed by atoms with Crippen LogP contribution in [0.3, 0.4) is 0 Å². The molecule has 0 aromatic heterocycles. The zero-order valence-corrected chi connectivity index (χ0v) is 22.8. The molecule has 0 spiro atoms. The number of aliphatic hydroxyl groups is 2. The summed E-state index contributed by atoms with van der Waals surface area (Å²) in [6, 6.07) is 6.04. The SMILES string of the molecule is CCCC[C@H](O)[C@H](O)[C@H](Cc1cc(F)cc(F)c1)NC(=O)c1cc(NC=O)cc(C(=O)N(CCC)CCC)c1. The van der Waals surface area contributed by atoms with Gasteiger partial charge in [0.05, 0.1) is 12.1 Å². The van der Waals surface area contributed by atoms with E-state index in [0.29, 0.717) is 32.0 Å². The van der Waals surface area contributed by atoms with Gasteiger partial charge in [-0.15, -0.1) is 0 Å². The second kappa shape index (κ2) is 15.9. The molecule has 0 saturated carbocycles. The lowest BCUT2D eigenvalue weighted by Gasteiger charge is -2.28. The molecule has 2 rings (SSSR count). The minimum Gasteiger partial charge on any atom is -0.390 e. The van der Waals surface area contributed by atoms with Crippen molar-refractivity contribution in [1.82, 2.24) is 10.2 Å².